The van der Waals surface area contributed by atoms with Crippen molar-refractivity contribution in [3.8, 4) is 0 Å². The predicted octanol–water partition coefficient (Wildman–Crippen LogP) is 4.50. The summed E-state index contributed by atoms with van der Waals surface area (Å²) >= 11 is 0. The molecule has 3 atom stereocenters. The van der Waals surface area contributed by atoms with Gasteiger partial charge in [0.25, 0.3) is 0 Å². The summed E-state index contributed by atoms with van der Waals surface area (Å²) in [5.41, 5.74) is 1.10. The second kappa shape index (κ2) is 5.44. The van der Waals surface area contributed by atoms with Gasteiger partial charge in [-0.2, -0.15) is 0 Å². The molecule has 0 aromatic carbocycles. The first-order valence-corrected chi connectivity index (χ1v) is 6.86. The Balaban J connectivity index is 2.97. The van der Waals surface area contributed by atoms with Crippen LogP contribution in [0.1, 0.15) is 47.0 Å². The minimum Gasteiger partial charge on any atom is -0.392 e. The van der Waals surface area contributed by atoms with Gasteiger partial charge in [0.1, 0.15) is 0 Å². The van der Waals surface area contributed by atoms with Crippen molar-refractivity contribution in [2.24, 2.45) is 16.7 Å². The van der Waals surface area contributed by atoms with E-state index >= 15 is 0 Å². The maximum atomic E-state index is 10.4. The Bertz CT molecular complexity index is 351. The Morgan fingerprint density at radius 2 is 2.22 bits per heavy atom. The van der Waals surface area contributed by atoms with Crippen LogP contribution in [0, 0.1) is 16.7 Å². The third-order valence-electron chi connectivity index (χ3n) is 4.97. The Hall–Kier alpha value is -0.820. The first kappa shape index (κ1) is 15.2. The number of rotatable bonds is 5. The quantitative estimate of drug-likeness (QED) is 0.710. The highest BCUT2D eigenvalue weighted by Gasteiger charge is 2.45. The van der Waals surface area contributed by atoms with E-state index in [2.05, 4.69) is 53.0 Å². The zero-order chi connectivity index (χ0) is 14.0. The first-order valence-electron chi connectivity index (χ1n) is 6.86. The lowest BCUT2D eigenvalue weighted by molar-refractivity contribution is -0.0304. The van der Waals surface area contributed by atoms with Crippen molar-refractivity contribution in [2.75, 3.05) is 0 Å². The minimum atomic E-state index is -0.353. The largest absolute Gasteiger partial charge is 0.392 e. The molecule has 18 heavy (non-hydrogen) atoms. The highest BCUT2D eigenvalue weighted by Crippen LogP contribution is 2.51. The van der Waals surface area contributed by atoms with Crippen molar-refractivity contribution < 1.29 is 5.11 Å². The molecule has 0 spiro atoms. The standard InChI is InChI=1S/C17H28O/c1-7-9-15(18)16(4,5)17(6)11-8-10-14(12-17)13(2)3/h7-8,11,14-15,18H,1-2,9-10,12H2,3-6H3/t14-,15?,17+/m0/s1. The lowest BCUT2D eigenvalue weighted by atomic mass is 9.57. The molecule has 0 saturated carbocycles. The molecule has 0 aromatic rings. The van der Waals surface area contributed by atoms with Crippen LogP contribution in [-0.2, 0) is 0 Å². The third kappa shape index (κ3) is 2.77. The molecule has 1 unspecified atom stereocenters. The second-order valence-corrected chi connectivity index (χ2v) is 6.56. The molecule has 1 heteroatoms. The summed E-state index contributed by atoms with van der Waals surface area (Å²) in [6, 6.07) is 0. The fourth-order valence-corrected chi connectivity index (χ4v) is 2.84. The van der Waals surface area contributed by atoms with Crippen LogP contribution in [-0.4, -0.2) is 11.2 Å². The van der Waals surface area contributed by atoms with E-state index in [0.717, 1.165) is 12.8 Å². The third-order valence-corrected chi connectivity index (χ3v) is 4.97. The fraction of sp³-hybridized carbons (Fsp3) is 0.647. The van der Waals surface area contributed by atoms with Crippen molar-refractivity contribution in [3.05, 3.63) is 37.0 Å². The summed E-state index contributed by atoms with van der Waals surface area (Å²) in [7, 11) is 0. The Kier molecular flexibility index (Phi) is 4.61. The summed E-state index contributed by atoms with van der Waals surface area (Å²) in [5.74, 6) is 0.537. The fourth-order valence-electron chi connectivity index (χ4n) is 2.84. The predicted molar refractivity (Wildman–Crippen MR) is 79.4 cm³/mol. The molecule has 1 aliphatic rings. The summed E-state index contributed by atoms with van der Waals surface area (Å²) in [4.78, 5) is 0. The van der Waals surface area contributed by atoms with Crippen LogP contribution >= 0.6 is 0 Å². The van der Waals surface area contributed by atoms with E-state index in [0.29, 0.717) is 12.3 Å². The molecule has 102 valence electrons. The van der Waals surface area contributed by atoms with E-state index in [1.54, 1.807) is 6.08 Å². The highest BCUT2D eigenvalue weighted by atomic mass is 16.3. The van der Waals surface area contributed by atoms with E-state index in [4.69, 9.17) is 0 Å². The van der Waals surface area contributed by atoms with Crippen LogP contribution in [0.3, 0.4) is 0 Å². The lowest BCUT2D eigenvalue weighted by Crippen LogP contribution is -2.45. The summed E-state index contributed by atoms with van der Waals surface area (Å²) in [6.07, 6.45) is 8.79. The van der Waals surface area contributed by atoms with Gasteiger partial charge in [0.15, 0.2) is 0 Å². The van der Waals surface area contributed by atoms with E-state index in [1.165, 1.54) is 5.57 Å². The highest BCUT2D eigenvalue weighted by molar-refractivity contribution is 5.16. The molecular weight excluding hydrogens is 220 g/mol. The van der Waals surface area contributed by atoms with E-state index in [1.807, 2.05) is 0 Å². The molecule has 1 nitrogen and oxygen atoms in total. The van der Waals surface area contributed by atoms with Crippen LogP contribution in [0.2, 0.25) is 0 Å². The molecule has 0 aliphatic heterocycles. The Labute approximate surface area is 112 Å². The molecule has 0 radical (unpaired) electrons. The van der Waals surface area contributed by atoms with Crippen molar-refractivity contribution in [3.63, 3.8) is 0 Å². The normalized spacial score (nSPS) is 29.9. The van der Waals surface area contributed by atoms with Crippen LogP contribution in [0.4, 0.5) is 0 Å². The summed E-state index contributed by atoms with van der Waals surface area (Å²) in [6.45, 7) is 16.5. The van der Waals surface area contributed by atoms with Gasteiger partial charge in [-0.1, -0.05) is 51.2 Å². The number of aliphatic hydroxyl groups excluding tert-OH is 1. The van der Waals surface area contributed by atoms with Crippen LogP contribution in [0.5, 0.6) is 0 Å². The zero-order valence-electron chi connectivity index (χ0n) is 12.4. The average molecular weight is 248 g/mol. The molecule has 0 fully saturated rings. The first-order chi connectivity index (χ1) is 8.24. The SMILES string of the molecule is C=CCC(O)C(C)(C)[C@]1(C)C=CC[C@H](C(=C)C)C1. The molecule has 0 amide bonds. The van der Waals surface area contributed by atoms with Crippen LogP contribution < -0.4 is 0 Å². The van der Waals surface area contributed by atoms with E-state index in [9.17, 15) is 5.11 Å². The topological polar surface area (TPSA) is 20.2 Å². The maximum absolute atomic E-state index is 10.4. The summed E-state index contributed by atoms with van der Waals surface area (Å²) < 4.78 is 0. The summed E-state index contributed by atoms with van der Waals surface area (Å²) in [5, 5.41) is 10.4. The zero-order valence-corrected chi connectivity index (χ0v) is 12.4. The van der Waals surface area contributed by atoms with Gasteiger partial charge in [0, 0.05) is 0 Å². The molecule has 0 saturated heterocycles. The Morgan fingerprint density at radius 1 is 1.61 bits per heavy atom. The van der Waals surface area contributed by atoms with E-state index < -0.39 is 0 Å². The lowest BCUT2D eigenvalue weighted by Gasteiger charge is -2.49. The molecule has 1 N–H and O–H groups in total. The number of allylic oxidation sites excluding steroid dienone is 3. The van der Waals surface area contributed by atoms with Gasteiger partial charge in [-0.3, -0.25) is 0 Å². The number of hydrogen-bond donors (Lipinski definition) is 1. The number of hydrogen-bond acceptors (Lipinski definition) is 1. The van der Waals surface area contributed by atoms with Crippen LogP contribution in [0.25, 0.3) is 0 Å². The smallest absolute Gasteiger partial charge is 0.0633 e. The van der Waals surface area contributed by atoms with Gasteiger partial charge in [0.2, 0.25) is 0 Å². The van der Waals surface area contributed by atoms with Crippen molar-refractivity contribution >= 4 is 0 Å². The van der Waals surface area contributed by atoms with Crippen molar-refractivity contribution in [2.45, 2.75) is 53.1 Å². The van der Waals surface area contributed by atoms with Gasteiger partial charge < -0.3 is 5.11 Å². The molecular formula is C17H28O. The Morgan fingerprint density at radius 3 is 2.72 bits per heavy atom. The van der Waals surface area contributed by atoms with Crippen molar-refractivity contribution in [1.82, 2.24) is 0 Å². The molecule has 0 aromatic heterocycles. The molecule has 1 aliphatic carbocycles. The van der Waals surface area contributed by atoms with Gasteiger partial charge in [-0.05, 0) is 42.9 Å². The molecule has 0 heterocycles. The number of aliphatic hydroxyl groups is 1. The van der Waals surface area contributed by atoms with Crippen LogP contribution in [0.15, 0.2) is 37.0 Å². The van der Waals surface area contributed by atoms with Gasteiger partial charge >= 0.3 is 0 Å². The van der Waals surface area contributed by atoms with Gasteiger partial charge in [-0.15, -0.1) is 6.58 Å². The van der Waals surface area contributed by atoms with E-state index in [-0.39, 0.29) is 16.9 Å². The monoisotopic (exact) mass is 248 g/mol. The second-order valence-electron chi connectivity index (χ2n) is 6.56. The minimum absolute atomic E-state index is 0.0112. The molecule has 1 rings (SSSR count). The van der Waals surface area contributed by atoms with Crippen molar-refractivity contribution in [1.29, 1.82) is 0 Å². The maximum Gasteiger partial charge on any atom is 0.0633 e. The average Bonchev–Trinajstić information content (AvgIpc) is 2.29. The molecule has 0 bridgehead atoms. The van der Waals surface area contributed by atoms with Gasteiger partial charge in [0.05, 0.1) is 6.10 Å². The van der Waals surface area contributed by atoms with Gasteiger partial charge in [-0.25, -0.2) is 0 Å².